The number of nitrogens with zero attached hydrogens (tertiary/aromatic N) is 2. The number of hydrogen-bond donors (Lipinski definition) is 2. The van der Waals surface area contributed by atoms with Crippen LogP contribution in [0, 0.1) is 0 Å². The fourth-order valence-electron chi connectivity index (χ4n) is 3.77. The lowest BCUT2D eigenvalue weighted by atomic mass is 10.0. The van der Waals surface area contributed by atoms with Crippen LogP contribution < -0.4 is 10.6 Å². The summed E-state index contributed by atoms with van der Waals surface area (Å²) >= 11 is 0. The molecule has 1 amide bonds. The van der Waals surface area contributed by atoms with Crippen LogP contribution in [0.4, 0.5) is 11.5 Å². The summed E-state index contributed by atoms with van der Waals surface area (Å²) in [5, 5.41) is 7.28. The molecule has 0 spiro atoms. The van der Waals surface area contributed by atoms with Crippen LogP contribution in [0.15, 0.2) is 54.6 Å². The third-order valence-corrected chi connectivity index (χ3v) is 5.63. The molecule has 0 radical (unpaired) electrons. The maximum Gasteiger partial charge on any atom is 0.252 e. The van der Waals surface area contributed by atoms with Gasteiger partial charge in [0, 0.05) is 37.3 Å². The van der Waals surface area contributed by atoms with Crippen molar-refractivity contribution in [2.24, 2.45) is 0 Å². The first-order valence-electron chi connectivity index (χ1n) is 11.0. The number of carbonyl (C=O) groups excluding carboxylic acids is 1. The molecule has 0 saturated carbocycles. The summed E-state index contributed by atoms with van der Waals surface area (Å²) < 4.78 is 5.38. The third kappa shape index (κ3) is 5.40. The third-order valence-electron chi connectivity index (χ3n) is 5.63. The van der Waals surface area contributed by atoms with Crippen molar-refractivity contribution in [2.45, 2.75) is 19.8 Å². The molecule has 31 heavy (non-hydrogen) atoms. The lowest BCUT2D eigenvalue weighted by Crippen LogP contribution is -2.41. The van der Waals surface area contributed by atoms with Crippen LogP contribution in [0.1, 0.15) is 35.7 Å². The second kappa shape index (κ2) is 9.90. The van der Waals surface area contributed by atoms with E-state index in [4.69, 9.17) is 9.72 Å². The minimum atomic E-state index is -0.0786. The molecule has 1 aliphatic rings. The molecule has 0 bridgehead atoms. The molecular weight excluding hydrogens is 388 g/mol. The topological polar surface area (TPSA) is 66.5 Å². The molecule has 2 aromatic carbocycles. The van der Waals surface area contributed by atoms with Crippen molar-refractivity contribution in [3.8, 4) is 0 Å². The van der Waals surface area contributed by atoms with E-state index in [-0.39, 0.29) is 5.91 Å². The Morgan fingerprint density at radius 2 is 1.84 bits per heavy atom. The van der Waals surface area contributed by atoms with Crippen molar-refractivity contribution in [1.29, 1.82) is 0 Å². The Morgan fingerprint density at radius 1 is 1.10 bits per heavy atom. The summed E-state index contributed by atoms with van der Waals surface area (Å²) in [7, 11) is 0. The normalized spacial score (nSPS) is 14.7. The Kier molecular flexibility index (Phi) is 6.79. The Morgan fingerprint density at radius 3 is 2.58 bits per heavy atom. The molecule has 4 rings (SSSR count). The lowest BCUT2D eigenvalue weighted by molar-refractivity contribution is 0.0383. The highest BCUT2D eigenvalue weighted by Gasteiger charge is 2.15. The molecule has 3 aromatic rings. The van der Waals surface area contributed by atoms with Gasteiger partial charge in [-0.3, -0.25) is 9.69 Å². The number of carbonyl (C=O) groups is 1. The monoisotopic (exact) mass is 418 g/mol. The van der Waals surface area contributed by atoms with Crippen LogP contribution in [0.3, 0.4) is 0 Å². The summed E-state index contributed by atoms with van der Waals surface area (Å²) in [6, 6.07) is 17.9. The van der Waals surface area contributed by atoms with Crippen molar-refractivity contribution < 1.29 is 9.53 Å². The average molecular weight is 419 g/mol. The molecule has 2 N–H and O–H groups in total. The highest BCUT2D eigenvalue weighted by atomic mass is 16.5. The SMILES string of the molecule is CC(C)c1ccc(Nc2cc(C(=O)NCCN3CCOCC3)c3ccccc3n2)cc1. The van der Waals surface area contributed by atoms with Crippen LogP contribution in [0.5, 0.6) is 0 Å². The van der Waals surface area contributed by atoms with Crippen molar-refractivity contribution in [3.63, 3.8) is 0 Å². The van der Waals surface area contributed by atoms with Gasteiger partial charge in [0.15, 0.2) is 0 Å². The van der Waals surface area contributed by atoms with Crippen LogP contribution >= 0.6 is 0 Å². The predicted molar refractivity (Wildman–Crippen MR) is 125 cm³/mol. The van der Waals surface area contributed by atoms with E-state index in [0.29, 0.717) is 23.8 Å². The van der Waals surface area contributed by atoms with Gasteiger partial charge in [-0.25, -0.2) is 4.98 Å². The van der Waals surface area contributed by atoms with Crippen molar-refractivity contribution in [3.05, 3.63) is 65.7 Å². The smallest absolute Gasteiger partial charge is 0.252 e. The molecule has 6 heteroatoms. The molecule has 162 valence electrons. The average Bonchev–Trinajstić information content (AvgIpc) is 2.79. The number of nitrogens with one attached hydrogen (secondary N) is 2. The highest BCUT2D eigenvalue weighted by Crippen LogP contribution is 2.24. The van der Waals surface area contributed by atoms with Crippen LogP contribution in [-0.2, 0) is 4.74 Å². The lowest BCUT2D eigenvalue weighted by Gasteiger charge is -2.26. The number of morpholine rings is 1. The van der Waals surface area contributed by atoms with Gasteiger partial charge in [-0.1, -0.05) is 44.2 Å². The minimum absolute atomic E-state index is 0.0786. The van der Waals surface area contributed by atoms with Crippen molar-refractivity contribution >= 4 is 28.3 Å². The fourth-order valence-corrected chi connectivity index (χ4v) is 3.77. The first-order chi connectivity index (χ1) is 15.1. The van der Waals surface area contributed by atoms with E-state index >= 15 is 0 Å². The van der Waals surface area contributed by atoms with Gasteiger partial charge in [-0.2, -0.15) is 0 Å². The number of benzene rings is 2. The minimum Gasteiger partial charge on any atom is -0.379 e. The Labute approximate surface area is 183 Å². The predicted octanol–water partition coefficient (Wildman–Crippen LogP) is 4.16. The number of aromatic nitrogens is 1. The zero-order chi connectivity index (χ0) is 21.6. The van der Waals surface area contributed by atoms with E-state index < -0.39 is 0 Å². The van der Waals surface area contributed by atoms with E-state index in [2.05, 4.69) is 41.5 Å². The molecule has 1 fully saturated rings. The first-order valence-corrected chi connectivity index (χ1v) is 11.0. The van der Waals surface area contributed by atoms with Crippen molar-refractivity contribution in [1.82, 2.24) is 15.2 Å². The van der Waals surface area contributed by atoms with E-state index in [1.165, 1.54) is 5.56 Å². The zero-order valence-corrected chi connectivity index (χ0v) is 18.2. The Bertz CT molecular complexity index is 1030. The Balaban J connectivity index is 1.50. The van der Waals surface area contributed by atoms with Crippen LogP contribution in [0.2, 0.25) is 0 Å². The number of anilines is 2. The summed E-state index contributed by atoms with van der Waals surface area (Å²) in [6.07, 6.45) is 0. The van der Waals surface area contributed by atoms with Gasteiger partial charge in [0.1, 0.15) is 5.82 Å². The molecule has 1 aliphatic heterocycles. The van der Waals surface area contributed by atoms with Gasteiger partial charge in [0.05, 0.1) is 24.3 Å². The fraction of sp³-hybridized carbons (Fsp3) is 0.360. The van der Waals surface area contributed by atoms with E-state index in [1.54, 1.807) is 0 Å². The maximum absolute atomic E-state index is 13.0. The zero-order valence-electron chi connectivity index (χ0n) is 18.2. The maximum atomic E-state index is 13.0. The number of para-hydroxylation sites is 1. The number of amides is 1. The largest absolute Gasteiger partial charge is 0.379 e. The molecule has 0 unspecified atom stereocenters. The molecular formula is C25H30N4O2. The number of hydrogen-bond acceptors (Lipinski definition) is 5. The van der Waals surface area contributed by atoms with E-state index in [9.17, 15) is 4.79 Å². The molecule has 1 aromatic heterocycles. The number of rotatable bonds is 7. The number of fused-ring (bicyclic) bond motifs is 1. The number of pyridine rings is 1. The van der Waals surface area contributed by atoms with Gasteiger partial charge in [0.25, 0.3) is 5.91 Å². The van der Waals surface area contributed by atoms with Crippen LogP contribution in [0.25, 0.3) is 10.9 Å². The second-order valence-electron chi connectivity index (χ2n) is 8.18. The van der Waals surface area contributed by atoms with Gasteiger partial charge in [0.2, 0.25) is 0 Å². The van der Waals surface area contributed by atoms with Gasteiger partial charge in [-0.05, 0) is 35.7 Å². The molecule has 2 heterocycles. The summed E-state index contributed by atoms with van der Waals surface area (Å²) in [4.78, 5) is 20.0. The second-order valence-corrected chi connectivity index (χ2v) is 8.18. The van der Waals surface area contributed by atoms with Gasteiger partial charge < -0.3 is 15.4 Å². The Hall–Kier alpha value is -2.96. The standard InChI is InChI=1S/C25H30N4O2/c1-18(2)19-7-9-20(10-8-19)27-24-17-22(21-5-3-4-6-23(21)28-24)25(30)26-11-12-29-13-15-31-16-14-29/h3-10,17-18H,11-16H2,1-2H3,(H,26,30)(H,27,28). The summed E-state index contributed by atoms with van der Waals surface area (Å²) in [5.74, 6) is 1.07. The highest BCUT2D eigenvalue weighted by molar-refractivity contribution is 6.07. The van der Waals surface area contributed by atoms with Gasteiger partial charge in [-0.15, -0.1) is 0 Å². The van der Waals surface area contributed by atoms with Crippen LogP contribution in [-0.4, -0.2) is 55.2 Å². The van der Waals surface area contributed by atoms with Crippen molar-refractivity contribution in [2.75, 3.05) is 44.7 Å². The molecule has 0 aliphatic carbocycles. The molecule has 1 saturated heterocycles. The first kappa shape index (κ1) is 21.3. The van der Waals surface area contributed by atoms with Gasteiger partial charge >= 0.3 is 0 Å². The quantitative estimate of drug-likeness (QED) is 0.603. The summed E-state index contributed by atoms with van der Waals surface area (Å²) in [5.41, 5.74) is 3.67. The number of ether oxygens (including phenoxy) is 1. The van der Waals surface area contributed by atoms with E-state index in [1.807, 2.05) is 42.5 Å². The van der Waals surface area contributed by atoms with E-state index in [0.717, 1.165) is 49.4 Å². The molecule has 6 nitrogen and oxygen atoms in total. The summed E-state index contributed by atoms with van der Waals surface area (Å²) in [6.45, 7) is 9.14. The molecule has 0 atom stereocenters.